The van der Waals surface area contributed by atoms with Gasteiger partial charge in [0.1, 0.15) is 0 Å². The molecule has 0 aromatic heterocycles. The van der Waals surface area contributed by atoms with E-state index in [9.17, 15) is 9.59 Å². The number of hydrogen-bond donors (Lipinski definition) is 0. The third-order valence-corrected chi connectivity index (χ3v) is 3.42. The molecule has 0 aliphatic carbocycles. The van der Waals surface area contributed by atoms with Gasteiger partial charge in [0.2, 0.25) is 0 Å². The fraction of sp³-hybridized carbons (Fsp3) is 0.778. The molecule has 80 valence electrons. The maximum Gasteiger partial charge on any atom is 0.325 e. The number of hydrogen-bond acceptors (Lipinski definition) is 5. The zero-order valence-corrected chi connectivity index (χ0v) is 9.19. The van der Waals surface area contributed by atoms with Gasteiger partial charge in [-0.2, -0.15) is 11.8 Å². The summed E-state index contributed by atoms with van der Waals surface area (Å²) in [6, 6.07) is 0. The molecule has 4 nitrogen and oxygen atoms in total. The summed E-state index contributed by atoms with van der Waals surface area (Å²) in [4.78, 5) is 23.1. The molecule has 14 heavy (non-hydrogen) atoms. The van der Waals surface area contributed by atoms with Crippen molar-refractivity contribution in [2.45, 2.75) is 13.8 Å². The van der Waals surface area contributed by atoms with Gasteiger partial charge < -0.3 is 9.47 Å². The molecular weight excluding hydrogens is 204 g/mol. The molecule has 0 bridgehead atoms. The minimum Gasteiger partial charge on any atom is -0.465 e. The lowest BCUT2D eigenvalue weighted by Gasteiger charge is -2.35. The van der Waals surface area contributed by atoms with Crippen LogP contribution in [0.15, 0.2) is 0 Å². The van der Waals surface area contributed by atoms with Crippen molar-refractivity contribution in [3.63, 3.8) is 0 Å². The number of carbonyl (C=O) groups is 2. The summed E-state index contributed by atoms with van der Waals surface area (Å²) in [5, 5.41) is 0. The Labute approximate surface area is 87.3 Å². The van der Waals surface area contributed by atoms with Crippen molar-refractivity contribution in [3.05, 3.63) is 0 Å². The molecule has 0 atom stereocenters. The van der Waals surface area contributed by atoms with Gasteiger partial charge in [-0.15, -0.1) is 0 Å². The van der Waals surface area contributed by atoms with Crippen molar-refractivity contribution in [3.8, 4) is 0 Å². The van der Waals surface area contributed by atoms with E-state index in [1.54, 1.807) is 25.6 Å². The first kappa shape index (κ1) is 11.4. The summed E-state index contributed by atoms with van der Waals surface area (Å²) in [5.74, 6) is 0.0596. The monoisotopic (exact) mass is 218 g/mol. The van der Waals surface area contributed by atoms with Crippen molar-refractivity contribution in [2.75, 3.05) is 24.7 Å². The number of thioether (sulfide) groups is 1. The molecule has 0 radical (unpaired) electrons. The van der Waals surface area contributed by atoms with Gasteiger partial charge in [-0.25, -0.2) is 0 Å². The zero-order valence-electron chi connectivity index (χ0n) is 8.37. The van der Waals surface area contributed by atoms with Crippen LogP contribution in [0.1, 0.15) is 13.8 Å². The SMILES string of the molecule is CCOC(=O)C1(C(=O)OCC)CSC1. The molecule has 1 heterocycles. The highest BCUT2D eigenvalue weighted by Gasteiger charge is 2.54. The smallest absolute Gasteiger partial charge is 0.325 e. The van der Waals surface area contributed by atoms with E-state index in [-0.39, 0.29) is 0 Å². The Bertz CT molecular complexity index is 215. The Balaban J connectivity index is 2.65. The van der Waals surface area contributed by atoms with Crippen LogP contribution in [-0.2, 0) is 19.1 Å². The van der Waals surface area contributed by atoms with Crippen LogP contribution in [0.5, 0.6) is 0 Å². The van der Waals surface area contributed by atoms with Crippen molar-refractivity contribution in [1.82, 2.24) is 0 Å². The van der Waals surface area contributed by atoms with Crippen LogP contribution in [0.3, 0.4) is 0 Å². The van der Waals surface area contributed by atoms with Gasteiger partial charge >= 0.3 is 11.9 Å². The minimum atomic E-state index is -1.02. The van der Waals surface area contributed by atoms with Crippen LogP contribution in [-0.4, -0.2) is 36.7 Å². The maximum absolute atomic E-state index is 11.5. The number of esters is 2. The van der Waals surface area contributed by atoms with Gasteiger partial charge in [-0.3, -0.25) is 9.59 Å². The predicted molar refractivity (Wildman–Crippen MR) is 53.0 cm³/mol. The third-order valence-electron chi connectivity index (χ3n) is 2.03. The molecular formula is C9H14O4S. The highest BCUT2D eigenvalue weighted by Crippen LogP contribution is 2.40. The quantitative estimate of drug-likeness (QED) is 0.517. The molecule has 0 spiro atoms. The van der Waals surface area contributed by atoms with Gasteiger partial charge in [0.05, 0.1) is 13.2 Å². The second-order valence-electron chi connectivity index (χ2n) is 3.02. The lowest BCUT2D eigenvalue weighted by atomic mass is 9.92. The van der Waals surface area contributed by atoms with E-state index in [2.05, 4.69) is 0 Å². The number of rotatable bonds is 4. The second-order valence-corrected chi connectivity index (χ2v) is 4.00. The van der Waals surface area contributed by atoms with E-state index >= 15 is 0 Å². The molecule has 0 amide bonds. The third kappa shape index (κ3) is 1.87. The summed E-state index contributed by atoms with van der Waals surface area (Å²) in [7, 11) is 0. The van der Waals surface area contributed by atoms with Crippen LogP contribution in [0.4, 0.5) is 0 Å². The first-order chi connectivity index (χ1) is 6.67. The molecule has 1 rings (SSSR count). The summed E-state index contributed by atoms with van der Waals surface area (Å²) >= 11 is 1.55. The average Bonchev–Trinajstić information content (AvgIpc) is 2.02. The molecule has 1 fully saturated rings. The van der Waals surface area contributed by atoms with E-state index in [0.29, 0.717) is 24.7 Å². The number of ether oxygens (including phenoxy) is 2. The van der Waals surface area contributed by atoms with E-state index in [1.165, 1.54) is 0 Å². The van der Waals surface area contributed by atoms with Gasteiger partial charge in [0.25, 0.3) is 0 Å². The lowest BCUT2D eigenvalue weighted by Crippen LogP contribution is -2.51. The Morgan fingerprint density at radius 3 is 1.79 bits per heavy atom. The molecule has 0 saturated carbocycles. The fourth-order valence-corrected chi connectivity index (χ4v) is 2.25. The van der Waals surface area contributed by atoms with E-state index in [4.69, 9.17) is 9.47 Å². The molecule has 0 unspecified atom stereocenters. The summed E-state index contributed by atoms with van der Waals surface area (Å²) in [6.07, 6.45) is 0. The lowest BCUT2D eigenvalue weighted by molar-refractivity contribution is -0.169. The first-order valence-corrected chi connectivity index (χ1v) is 5.75. The van der Waals surface area contributed by atoms with E-state index in [1.807, 2.05) is 0 Å². The number of carbonyl (C=O) groups excluding carboxylic acids is 2. The molecule has 0 aromatic rings. The first-order valence-electron chi connectivity index (χ1n) is 4.59. The summed E-state index contributed by atoms with van der Waals surface area (Å²) in [6.45, 7) is 4.04. The van der Waals surface area contributed by atoms with E-state index in [0.717, 1.165) is 0 Å². The predicted octanol–water partition coefficient (Wildman–Crippen LogP) is 0.846. The van der Waals surface area contributed by atoms with Crippen molar-refractivity contribution >= 4 is 23.7 Å². The molecule has 0 aromatic carbocycles. The fourth-order valence-electron chi connectivity index (χ4n) is 1.16. The topological polar surface area (TPSA) is 52.6 Å². The Morgan fingerprint density at radius 2 is 1.57 bits per heavy atom. The summed E-state index contributed by atoms with van der Waals surface area (Å²) < 4.78 is 9.73. The normalized spacial score (nSPS) is 18.1. The molecule has 1 aliphatic rings. The minimum absolute atomic E-state index is 0.296. The molecule has 0 N–H and O–H groups in total. The maximum atomic E-state index is 11.5. The Morgan fingerprint density at radius 1 is 1.14 bits per heavy atom. The van der Waals surface area contributed by atoms with Crippen LogP contribution in [0, 0.1) is 5.41 Å². The zero-order chi connectivity index (χ0) is 10.6. The van der Waals surface area contributed by atoms with E-state index < -0.39 is 17.4 Å². The Hall–Kier alpha value is -0.710. The van der Waals surface area contributed by atoms with Crippen molar-refractivity contribution in [2.24, 2.45) is 5.41 Å². The van der Waals surface area contributed by atoms with Gasteiger partial charge in [0.15, 0.2) is 5.41 Å². The largest absolute Gasteiger partial charge is 0.465 e. The van der Waals surface area contributed by atoms with Crippen LogP contribution in [0.2, 0.25) is 0 Å². The van der Waals surface area contributed by atoms with Crippen molar-refractivity contribution < 1.29 is 19.1 Å². The van der Waals surface area contributed by atoms with Gasteiger partial charge in [-0.05, 0) is 13.8 Å². The molecule has 1 saturated heterocycles. The average molecular weight is 218 g/mol. The Kier molecular flexibility index (Phi) is 3.80. The van der Waals surface area contributed by atoms with Crippen molar-refractivity contribution in [1.29, 1.82) is 0 Å². The van der Waals surface area contributed by atoms with Crippen LogP contribution in [0.25, 0.3) is 0 Å². The van der Waals surface area contributed by atoms with Gasteiger partial charge in [0, 0.05) is 11.5 Å². The highest BCUT2D eigenvalue weighted by atomic mass is 32.2. The second kappa shape index (κ2) is 4.68. The standard InChI is InChI=1S/C9H14O4S/c1-3-12-7(10)9(5-14-6-9)8(11)13-4-2/h3-6H2,1-2H3. The van der Waals surface area contributed by atoms with Crippen LogP contribution < -0.4 is 0 Å². The van der Waals surface area contributed by atoms with Crippen LogP contribution >= 0.6 is 11.8 Å². The summed E-state index contributed by atoms with van der Waals surface area (Å²) in [5.41, 5.74) is -1.02. The van der Waals surface area contributed by atoms with Gasteiger partial charge in [-0.1, -0.05) is 0 Å². The highest BCUT2D eigenvalue weighted by molar-refractivity contribution is 8.00. The molecule has 1 aliphatic heterocycles. The molecule has 5 heteroatoms.